The first-order chi connectivity index (χ1) is 12.5. The first-order valence-electron chi connectivity index (χ1n) is 8.53. The second-order valence-corrected chi connectivity index (χ2v) is 8.70. The Labute approximate surface area is 158 Å². The van der Waals surface area contributed by atoms with E-state index in [0.29, 0.717) is 18.0 Å². The number of likely N-dealkylation sites (tertiary alicyclic amines) is 1. The number of hydrogen-bond acceptors (Lipinski definition) is 6. The molecule has 1 fully saturated rings. The Kier molecular flexibility index (Phi) is 6.18. The Hall–Kier alpha value is -1.61. The molecule has 0 spiro atoms. The fraction of sp³-hybridized carbons (Fsp3) is 0.444. The average Bonchev–Trinajstić information content (AvgIpc) is 3.35. The van der Waals surface area contributed by atoms with Crippen LogP contribution in [0.15, 0.2) is 39.9 Å². The van der Waals surface area contributed by atoms with Crippen LogP contribution in [0.4, 0.5) is 0 Å². The Morgan fingerprint density at radius 1 is 1.19 bits per heavy atom. The van der Waals surface area contributed by atoms with E-state index in [4.69, 9.17) is 9.47 Å². The Balaban J connectivity index is 1.82. The molecule has 0 bridgehead atoms. The van der Waals surface area contributed by atoms with Gasteiger partial charge in [-0.05, 0) is 60.5 Å². The lowest BCUT2D eigenvalue weighted by molar-refractivity contribution is 0.247. The summed E-state index contributed by atoms with van der Waals surface area (Å²) in [5.74, 6) is 0.770. The van der Waals surface area contributed by atoms with Crippen molar-refractivity contribution >= 4 is 21.4 Å². The van der Waals surface area contributed by atoms with Crippen LogP contribution in [0, 0.1) is 0 Å². The number of hydrogen-bond donors (Lipinski definition) is 1. The molecule has 1 aromatic carbocycles. The maximum absolute atomic E-state index is 12.9. The van der Waals surface area contributed by atoms with Crippen molar-refractivity contribution in [3.05, 3.63) is 40.6 Å². The van der Waals surface area contributed by atoms with Gasteiger partial charge >= 0.3 is 0 Å². The molecule has 0 amide bonds. The molecule has 1 unspecified atom stereocenters. The summed E-state index contributed by atoms with van der Waals surface area (Å²) < 4.78 is 39.0. The van der Waals surface area contributed by atoms with Crippen molar-refractivity contribution < 1.29 is 17.9 Å². The van der Waals surface area contributed by atoms with Crippen molar-refractivity contribution in [2.24, 2.45) is 0 Å². The number of benzene rings is 1. The third-order valence-electron chi connectivity index (χ3n) is 4.64. The van der Waals surface area contributed by atoms with Gasteiger partial charge in [0.1, 0.15) is 16.4 Å². The van der Waals surface area contributed by atoms with Gasteiger partial charge < -0.3 is 9.47 Å². The van der Waals surface area contributed by atoms with Crippen LogP contribution in [0.5, 0.6) is 11.5 Å². The zero-order valence-corrected chi connectivity index (χ0v) is 16.6. The van der Waals surface area contributed by atoms with E-state index >= 15 is 0 Å². The zero-order valence-electron chi connectivity index (χ0n) is 15.0. The Morgan fingerprint density at radius 3 is 2.58 bits per heavy atom. The Bertz CT molecular complexity index is 816. The molecule has 1 aromatic heterocycles. The van der Waals surface area contributed by atoms with Crippen molar-refractivity contribution in [3.8, 4) is 11.5 Å². The van der Waals surface area contributed by atoms with Crippen molar-refractivity contribution in [1.29, 1.82) is 0 Å². The van der Waals surface area contributed by atoms with E-state index in [1.807, 2.05) is 5.38 Å². The summed E-state index contributed by atoms with van der Waals surface area (Å²) in [6.07, 6.45) is 2.30. The molecule has 1 saturated heterocycles. The Morgan fingerprint density at radius 2 is 1.96 bits per heavy atom. The third kappa shape index (κ3) is 4.20. The van der Waals surface area contributed by atoms with E-state index in [1.165, 1.54) is 20.3 Å². The van der Waals surface area contributed by atoms with Gasteiger partial charge in [-0.2, -0.15) is 11.3 Å². The van der Waals surface area contributed by atoms with Crippen LogP contribution >= 0.6 is 11.3 Å². The number of methoxy groups -OCH3 is 2. The average molecular weight is 397 g/mol. The maximum Gasteiger partial charge on any atom is 0.244 e. The number of nitrogens with zero attached hydrogens (tertiary/aromatic N) is 1. The molecular formula is C18H24N2O4S2. The second kappa shape index (κ2) is 8.39. The molecule has 6 nitrogen and oxygen atoms in total. The molecule has 1 atom stereocenters. The minimum absolute atomic E-state index is 0.0372. The van der Waals surface area contributed by atoms with E-state index in [0.717, 1.165) is 31.5 Å². The predicted octanol–water partition coefficient (Wildman–Crippen LogP) is 2.88. The fourth-order valence-electron chi connectivity index (χ4n) is 3.24. The highest BCUT2D eigenvalue weighted by molar-refractivity contribution is 7.89. The molecule has 8 heteroatoms. The summed E-state index contributed by atoms with van der Waals surface area (Å²) in [6.45, 7) is 2.30. The van der Waals surface area contributed by atoms with Crippen molar-refractivity contribution in [2.75, 3.05) is 33.9 Å². The van der Waals surface area contributed by atoms with Crippen molar-refractivity contribution in [2.45, 2.75) is 23.8 Å². The van der Waals surface area contributed by atoms with Crippen LogP contribution in [-0.4, -0.2) is 47.2 Å². The van der Waals surface area contributed by atoms with Crippen LogP contribution in [0.1, 0.15) is 24.4 Å². The van der Waals surface area contributed by atoms with Crippen LogP contribution < -0.4 is 14.2 Å². The minimum Gasteiger partial charge on any atom is -0.497 e. The van der Waals surface area contributed by atoms with Gasteiger partial charge in [-0.25, -0.2) is 13.1 Å². The topological polar surface area (TPSA) is 67.9 Å². The van der Waals surface area contributed by atoms with Crippen LogP contribution in [-0.2, 0) is 10.0 Å². The molecular weight excluding hydrogens is 372 g/mol. The van der Waals surface area contributed by atoms with Crippen molar-refractivity contribution in [1.82, 2.24) is 9.62 Å². The molecule has 1 N–H and O–H groups in total. The standard InChI is InChI=1S/C18H24N2O4S2/c1-23-15-5-6-17(24-2)18(11-15)26(21,22)19-12-16(14-7-10-25-13-14)20-8-3-4-9-20/h5-7,10-11,13,16,19H,3-4,8-9,12H2,1-2H3. The smallest absolute Gasteiger partial charge is 0.244 e. The molecule has 1 aliphatic rings. The van der Waals surface area contributed by atoms with Gasteiger partial charge in [0.25, 0.3) is 0 Å². The van der Waals surface area contributed by atoms with Gasteiger partial charge in [-0.3, -0.25) is 4.90 Å². The summed E-state index contributed by atoms with van der Waals surface area (Å²) in [7, 11) is -0.766. The lowest BCUT2D eigenvalue weighted by Gasteiger charge is -2.27. The predicted molar refractivity (Wildman–Crippen MR) is 103 cm³/mol. The van der Waals surface area contributed by atoms with E-state index < -0.39 is 10.0 Å². The second-order valence-electron chi connectivity index (χ2n) is 6.18. The third-order valence-corrected chi connectivity index (χ3v) is 6.78. The first kappa shape index (κ1) is 19.2. The van der Waals surface area contributed by atoms with Gasteiger partial charge in [0.2, 0.25) is 10.0 Å². The molecule has 142 valence electrons. The van der Waals surface area contributed by atoms with Crippen LogP contribution in [0.25, 0.3) is 0 Å². The van der Waals surface area contributed by atoms with Crippen molar-refractivity contribution in [3.63, 3.8) is 0 Å². The minimum atomic E-state index is -3.73. The van der Waals surface area contributed by atoms with Gasteiger partial charge in [-0.1, -0.05) is 0 Å². The molecule has 1 aliphatic heterocycles. The van der Waals surface area contributed by atoms with E-state index in [-0.39, 0.29) is 10.9 Å². The summed E-state index contributed by atoms with van der Waals surface area (Å²) in [5, 5.41) is 4.11. The highest BCUT2D eigenvalue weighted by Gasteiger charge is 2.27. The summed E-state index contributed by atoms with van der Waals surface area (Å²) in [4.78, 5) is 2.43. The summed E-state index contributed by atoms with van der Waals surface area (Å²) in [5.41, 5.74) is 1.15. The fourth-order valence-corrected chi connectivity index (χ4v) is 5.16. The van der Waals surface area contributed by atoms with Gasteiger partial charge in [0.05, 0.1) is 14.2 Å². The van der Waals surface area contributed by atoms with E-state index in [9.17, 15) is 8.42 Å². The lowest BCUT2D eigenvalue weighted by atomic mass is 10.1. The molecule has 2 heterocycles. The first-order valence-corrected chi connectivity index (χ1v) is 11.0. The maximum atomic E-state index is 12.9. The monoisotopic (exact) mass is 396 g/mol. The lowest BCUT2D eigenvalue weighted by Crippen LogP contribution is -2.36. The van der Waals surface area contributed by atoms with Crippen LogP contribution in [0.3, 0.4) is 0 Å². The van der Waals surface area contributed by atoms with Gasteiger partial charge in [0, 0.05) is 18.7 Å². The number of ether oxygens (including phenoxy) is 2. The van der Waals surface area contributed by atoms with E-state index in [2.05, 4.69) is 21.1 Å². The zero-order chi connectivity index (χ0) is 18.6. The number of thiophene rings is 1. The molecule has 0 radical (unpaired) electrons. The largest absolute Gasteiger partial charge is 0.497 e. The molecule has 26 heavy (non-hydrogen) atoms. The van der Waals surface area contributed by atoms with E-state index in [1.54, 1.807) is 23.5 Å². The number of rotatable bonds is 8. The highest BCUT2D eigenvalue weighted by atomic mass is 32.2. The highest BCUT2D eigenvalue weighted by Crippen LogP contribution is 2.30. The van der Waals surface area contributed by atoms with Gasteiger partial charge in [0.15, 0.2) is 0 Å². The van der Waals surface area contributed by atoms with Gasteiger partial charge in [-0.15, -0.1) is 0 Å². The molecule has 0 aliphatic carbocycles. The molecule has 0 saturated carbocycles. The quantitative estimate of drug-likeness (QED) is 0.743. The summed E-state index contributed by atoms with van der Waals surface area (Å²) >= 11 is 1.63. The molecule has 3 rings (SSSR count). The SMILES string of the molecule is COc1ccc(OC)c(S(=O)(=O)NCC(c2ccsc2)N2CCCC2)c1. The number of nitrogens with one attached hydrogen (secondary N) is 1. The molecule has 2 aromatic rings. The van der Waals surface area contributed by atoms with Crippen LogP contribution in [0.2, 0.25) is 0 Å². The summed E-state index contributed by atoms with van der Waals surface area (Å²) in [6, 6.07) is 6.86. The normalized spacial score (nSPS) is 16.5. The number of sulfonamides is 1.